The van der Waals surface area contributed by atoms with Gasteiger partial charge in [0.05, 0.1) is 5.56 Å². The molecule has 0 radical (unpaired) electrons. The number of carboxylic acid groups (broad SMARTS) is 1. The summed E-state index contributed by atoms with van der Waals surface area (Å²) in [4.78, 5) is 27.1. The molecule has 1 N–H and O–H groups in total. The van der Waals surface area contributed by atoms with Crippen molar-refractivity contribution in [1.29, 1.82) is 0 Å². The number of amides is 1. The molecule has 29 heavy (non-hydrogen) atoms. The molecule has 3 rings (SSSR count). The summed E-state index contributed by atoms with van der Waals surface area (Å²) < 4.78 is 42.4. The van der Waals surface area contributed by atoms with Crippen molar-refractivity contribution >= 4 is 12.1 Å². The van der Waals surface area contributed by atoms with Gasteiger partial charge in [-0.05, 0) is 50.8 Å². The van der Waals surface area contributed by atoms with E-state index >= 15 is 0 Å². The van der Waals surface area contributed by atoms with Gasteiger partial charge < -0.3 is 14.7 Å². The van der Waals surface area contributed by atoms with E-state index in [1.54, 1.807) is 18.2 Å². The predicted molar refractivity (Wildman–Crippen MR) is 98.6 cm³/mol. The Morgan fingerprint density at radius 1 is 1.17 bits per heavy atom. The summed E-state index contributed by atoms with van der Waals surface area (Å²) in [6, 6.07) is 6.89. The Morgan fingerprint density at radius 2 is 1.83 bits per heavy atom. The van der Waals surface area contributed by atoms with Crippen LogP contribution < -0.4 is 0 Å². The van der Waals surface area contributed by atoms with E-state index in [-0.39, 0.29) is 11.1 Å². The van der Waals surface area contributed by atoms with E-state index in [2.05, 4.69) is 9.64 Å². The zero-order chi connectivity index (χ0) is 21.2. The first-order chi connectivity index (χ1) is 13.6. The molecule has 160 valence electrons. The smallest absolute Gasteiger partial charge is 0.425 e. The molecule has 1 atom stereocenters. The van der Waals surface area contributed by atoms with Gasteiger partial charge in [-0.1, -0.05) is 18.2 Å². The van der Waals surface area contributed by atoms with Crippen molar-refractivity contribution in [2.45, 2.75) is 57.0 Å². The van der Waals surface area contributed by atoms with E-state index < -0.39 is 24.3 Å². The number of halogens is 3. The molecule has 0 aromatic heterocycles. The van der Waals surface area contributed by atoms with Gasteiger partial charge in [0.1, 0.15) is 0 Å². The number of likely N-dealkylation sites (tertiary alicyclic amines) is 2. The molecule has 2 saturated heterocycles. The molecule has 2 aliphatic heterocycles. The molecule has 1 amide bonds. The van der Waals surface area contributed by atoms with Gasteiger partial charge in [-0.15, -0.1) is 0 Å². The summed E-state index contributed by atoms with van der Waals surface area (Å²) in [5.41, 5.74) is 0.844. The molecule has 6 nitrogen and oxygen atoms in total. The summed E-state index contributed by atoms with van der Waals surface area (Å²) in [7, 11) is 0. The van der Waals surface area contributed by atoms with Gasteiger partial charge >= 0.3 is 18.2 Å². The number of rotatable bonds is 4. The minimum atomic E-state index is -4.58. The summed E-state index contributed by atoms with van der Waals surface area (Å²) >= 11 is 0. The van der Waals surface area contributed by atoms with Crippen LogP contribution in [0.15, 0.2) is 24.3 Å². The standard InChI is InChI=1S/C20H25F3N2O4/c1-14(20(21,22)23)29-18(28)24-11-8-19(9-12-24)7-4-10-25(19)13-15-5-2-3-6-16(15)17(26)27/h2-3,5-6,14H,4,7-13H2,1H3,(H,26,27). The summed E-state index contributed by atoms with van der Waals surface area (Å²) in [5, 5.41) is 9.41. The van der Waals surface area contributed by atoms with Crippen molar-refractivity contribution in [2.24, 2.45) is 0 Å². The highest BCUT2D eigenvalue weighted by molar-refractivity contribution is 5.89. The van der Waals surface area contributed by atoms with Crippen molar-refractivity contribution in [3.63, 3.8) is 0 Å². The van der Waals surface area contributed by atoms with E-state index in [1.807, 2.05) is 6.07 Å². The second-order valence-corrected chi connectivity index (χ2v) is 7.77. The van der Waals surface area contributed by atoms with Crippen LogP contribution in [-0.2, 0) is 11.3 Å². The lowest BCUT2D eigenvalue weighted by Gasteiger charge is -2.45. The molecule has 2 heterocycles. The van der Waals surface area contributed by atoms with Crippen LogP contribution >= 0.6 is 0 Å². The Hall–Kier alpha value is -2.29. The molecule has 0 aliphatic carbocycles. The second-order valence-electron chi connectivity index (χ2n) is 7.77. The first-order valence-electron chi connectivity index (χ1n) is 9.71. The summed E-state index contributed by atoms with van der Waals surface area (Å²) in [5.74, 6) is -0.967. The first kappa shape index (κ1) is 21.4. The monoisotopic (exact) mass is 414 g/mol. The fourth-order valence-electron chi connectivity index (χ4n) is 4.28. The second kappa shape index (κ2) is 8.22. The molecule has 0 saturated carbocycles. The lowest BCUT2D eigenvalue weighted by molar-refractivity contribution is -0.200. The number of carbonyl (C=O) groups excluding carboxylic acids is 1. The van der Waals surface area contributed by atoms with E-state index in [1.165, 1.54) is 4.90 Å². The minimum Gasteiger partial charge on any atom is -0.478 e. The molecule has 2 fully saturated rings. The van der Waals surface area contributed by atoms with E-state index in [0.29, 0.717) is 32.5 Å². The van der Waals surface area contributed by atoms with Crippen LogP contribution in [-0.4, -0.2) is 64.4 Å². The highest BCUT2D eigenvalue weighted by Crippen LogP contribution is 2.40. The molecule has 1 aromatic rings. The molecule has 2 aliphatic rings. The summed E-state index contributed by atoms with van der Waals surface area (Å²) in [6.07, 6.45) is -4.52. The average molecular weight is 414 g/mol. The Kier molecular flexibility index (Phi) is 6.07. The normalized spacial score (nSPS) is 20.6. The van der Waals surface area contributed by atoms with Crippen LogP contribution in [0, 0.1) is 0 Å². The molecular formula is C20H25F3N2O4. The van der Waals surface area contributed by atoms with Gasteiger partial charge in [0.15, 0.2) is 6.10 Å². The summed E-state index contributed by atoms with van der Waals surface area (Å²) in [6.45, 7) is 2.78. The molecule has 9 heteroatoms. The number of aromatic carboxylic acids is 1. The van der Waals surface area contributed by atoms with Gasteiger partial charge in [-0.2, -0.15) is 13.2 Å². The lowest BCUT2D eigenvalue weighted by Crippen LogP contribution is -2.53. The Morgan fingerprint density at radius 3 is 2.45 bits per heavy atom. The van der Waals surface area contributed by atoms with Crippen molar-refractivity contribution in [3.8, 4) is 0 Å². The average Bonchev–Trinajstić information content (AvgIpc) is 3.03. The number of nitrogens with zero attached hydrogens (tertiary/aromatic N) is 2. The number of piperidine rings is 1. The quantitative estimate of drug-likeness (QED) is 0.809. The number of hydrogen-bond donors (Lipinski definition) is 1. The third-order valence-electron chi connectivity index (χ3n) is 6.04. The third kappa shape index (κ3) is 4.66. The van der Waals surface area contributed by atoms with Crippen LogP contribution in [0.25, 0.3) is 0 Å². The fraction of sp³-hybridized carbons (Fsp3) is 0.600. The van der Waals surface area contributed by atoms with Crippen LogP contribution in [0.3, 0.4) is 0 Å². The number of ether oxygens (including phenoxy) is 1. The van der Waals surface area contributed by atoms with Crippen LogP contribution in [0.1, 0.15) is 48.5 Å². The van der Waals surface area contributed by atoms with Crippen LogP contribution in [0.2, 0.25) is 0 Å². The molecule has 1 spiro atoms. The molecule has 0 bridgehead atoms. The zero-order valence-corrected chi connectivity index (χ0v) is 16.2. The maximum absolute atomic E-state index is 12.6. The maximum Gasteiger partial charge on any atom is 0.425 e. The van der Waals surface area contributed by atoms with Crippen molar-refractivity contribution in [1.82, 2.24) is 9.80 Å². The van der Waals surface area contributed by atoms with E-state index in [4.69, 9.17) is 0 Å². The van der Waals surface area contributed by atoms with Crippen molar-refractivity contribution < 1.29 is 32.6 Å². The number of alkyl halides is 3. The van der Waals surface area contributed by atoms with Crippen molar-refractivity contribution in [3.05, 3.63) is 35.4 Å². The van der Waals surface area contributed by atoms with Gasteiger partial charge in [-0.3, -0.25) is 4.90 Å². The van der Waals surface area contributed by atoms with E-state index in [9.17, 15) is 27.9 Å². The first-order valence-corrected chi connectivity index (χ1v) is 9.71. The number of benzene rings is 1. The van der Waals surface area contributed by atoms with Gasteiger partial charge in [-0.25, -0.2) is 9.59 Å². The zero-order valence-electron chi connectivity index (χ0n) is 16.2. The van der Waals surface area contributed by atoms with Gasteiger partial charge in [0.25, 0.3) is 0 Å². The Bertz CT molecular complexity index is 760. The van der Waals surface area contributed by atoms with E-state index in [0.717, 1.165) is 31.9 Å². The topological polar surface area (TPSA) is 70.1 Å². The number of carbonyl (C=O) groups is 2. The van der Waals surface area contributed by atoms with Gasteiger partial charge in [0.2, 0.25) is 0 Å². The highest BCUT2D eigenvalue weighted by Gasteiger charge is 2.45. The third-order valence-corrected chi connectivity index (χ3v) is 6.04. The Balaban J connectivity index is 1.64. The minimum absolute atomic E-state index is 0.169. The highest BCUT2D eigenvalue weighted by atomic mass is 19.4. The lowest BCUT2D eigenvalue weighted by atomic mass is 9.84. The van der Waals surface area contributed by atoms with Crippen LogP contribution in [0.4, 0.5) is 18.0 Å². The SMILES string of the molecule is CC(OC(=O)N1CCC2(CCCN2Cc2ccccc2C(=O)O)CC1)C(F)(F)F. The van der Waals surface area contributed by atoms with Crippen LogP contribution in [0.5, 0.6) is 0 Å². The number of carboxylic acids is 1. The molecule has 1 unspecified atom stereocenters. The largest absolute Gasteiger partial charge is 0.478 e. The maximum atomic E-state index is 12.6. The fourth-order valence-corrected chi connectivity index (χ4v) is 4.28. The van der Waals surface area contributed by atoms with Gasteiger partial charge in [0, 0.05) is 25.2 Å². The Labute approximate surface area is 167 Å². The predicted octanol–water partition coefficient (Wildman–Crippen LogP) is 3.90. The van der Waals surface area contributed by atoms with Crippen molar-refractivity contribution in [2.75, 3.05) is 19.6 Å². The molecular weight excluding hydrogens is 389 g/mol. The molecule has 1 aromatic carbocycles. The number of hydrogen-bond acceptors (Lipinski definition) is 4.